The maximum Gasteiger partial charge on any atom is 0.0866 e. The van der Waals surface area contributed by atoms with Crippen molar-refractivity contribution in [2.24, 2.45) is 0 Å². The number of hydrogen-bond acceptors (Lipinski definition) is 3. The van der Waals surface area contributed by atoms with E-state index in [1.165, 1.54) is 0 Å². The van der Waals surface area contributed by atoms with Crippen LogP contribution in [0.5, 0.6) is 0 Å². The number of nitrogens with zero attached hydrogens (tertiary/aromatic N) is 3. The molecule has 1 aliphatic heterocycles. The van der Waals surface area contributed by atoms with Crippen LogP contribution in [0.2, 0.25) is 0 Å². The van der Waals surface area contributed by atoms with Crippen LogP contribution in [-0.4, -0.2) is 54.9 Å². The standard InChI is InChI=1S/C9H16ClN3/c10-2-1-4-12-6-8-13(5-3-11)9-7-12/h1-2,4-9H2. The predicted molar refractivity (Wildman–Crippen MR) is 53.8 cm³/mol. The Labute approximate surface area is 84.9 Å². The van der Waals surface area contributed by atoms with Gasteiger partial charge in [-0.1, -0.05) is 0 Å². The highest BCUT2D eigenvalue weighted by Gasteiger charge is 2.15. The summed E-state index contributed by atoms with van der Waals surface area (Å²) < 4.78 is 0. The zero-order valence-corrected chi connectivity index (χ0v) is 8.63. The molecule has 0 saturated carbocycles. The highest BCUT2D eigenvalue weighted by Crippen LogP contribution is 2.01. The lowest BCUT2D eigenvalue weighted by molar-refractivity contribution is 0.144. The minimum atomic E-state index is 0.573. The monoisotopic (exact) mass is 201 g/mol. The molecular formula is C9H16ClN3. The Morgan fingerprint density at radius 1 is 1.15 bits per heavy atom. The van der Waals surface area contributed by atoms with Gasteiger partial charge in [-0.05, 0) is 13.0 Å². The first-order chi connectivity index (χ1) is 6.36. The molecule has 0 radical (unpaired) electrons. The number of piperazine rings is 1. The minimum absolute atomic E-state index is 0.573. The van der Waals surface area contributed by atoms with E-state index in [4.69, 9.17) is 16.9 Å². The van der Waals surface area contributed by atoms with E-state index in [0.29, 0.717) is 6.54 Å². The molecule has 0 aromatic carbocycles. The Kier molecular flexibility index (Phi) is 5.14. The summed E-state index contributed by atoms with van der Waals surface area (Å²) in [6.07, 6.45) is 1.07. The molecule has 0 N–H and O–H groups in total. The van der Waals surface area contributed by atoms with Crippen LogP contribution >= 0.6 is 11.6 Å². The van der Waals surface area contributed by atoms with Crippen LogP contribution in [0.4, 0.5) is 0 Å². The van der Waals surface area contributed by atoms with Crippen molar-refractivity contribution >= 4 is 11.6 Å². The lowest BCUT2D eigenvalue weighted by Crippen LogP contribution is -2.46. The van der Waals surface area contributed by atoms with Crippen molar-refractivity contribution in [2.75, 3.05) is 45.1 Å². The topological polar surface area (TPSA) is 30.3 Å². The molecule has 1 heterocycles. The lowest BCUT2D eigenvalue weighted by atomic mass is 10.3. The molecule has 0 aromatic heterocycles. The summed E-state index contributed by atoms with van der Waals surface area (Å²) in [4.78, 5) is 4.60. The Hall–Kier alpha value is -0.300. The van der Waals surface area contributed by atoms with Gasteiger partial charge in [-0.15, -0.1) is 11.6 Å². The fraction of sp³-hybridized carbons (Fsp3) is 0.889. The van der Waals surface area contributed by atoms with Crippen molar-refractivity contribution in [1.29, 1.82) is 5.26 Å². The van der Waals surface area contributed by atoms with Crippen molar-refractivity contribution in [1.82, 2.24) is 9.80 Å². The Balaban J connectivity index is 2.12. The van der Waals surface area contributed by atoms with Gasteiger partial charge >= 0.3 is 0 Å². The van der Waals surface area contributed by atoms with Crippen LogP contribution in [-0.2, 0) is 0 Å². The molecule has 0 amide bonds. The summed E-state index contributed by atoms with van der Waals surface area (Å²) in [6, 6.07) is 2.18. The number of nitriles is 1. The van der Waals surface area contributed by atoms with Gasteiger partial charge in [-0.2, -0.15) is 5.26 Å². The second-order valence-electron chi connectivity index (χ2n) is 3.32. The molecule has 1 saturated heterocycles. The molecule has 13 heavy (non-hydrogen) atoms. The van der Waals surface area contributed by atoms with E-state index in [-0.39, 0.29) is 0 Å². The molecule has 0 aromatic rings. The van der Waals surface area contributed by atoms with Crippen molar-refractivity contribution in [3.8, 4) is 6.07 Å². The van der Waals surface area contributed by atoms with Gasteiger partial charge in [-0.3, -0.25) is 4.90 Å². The quantitative estimate of drug-likeness (QED) is 0.497. The fourth-order valence-corrected chi connectivity index (χ4v) is 1.67. The third kappa shape index (κ3) is 3.95. The molecule has 1 aliphatic rings. The zero-order chi connectivity index (χ0) is 9.52. The van der Waals surface area contributed by atoms with Gasteiger partial charge in [0.15, 0.2) is 0 Å². The van der Waals surface area contributed by atoms with E-state index in [2.05, 4.69) is 15.9 Å². The summed E-state index contributed by atoms with van der Waals surface area (Å²) in [6.45, 7) is 5.88. The van der Waals surface area contributed by atoms with Gasteiger partial charge in [0.25, 0.3) is 0 Å². The van der Waals surface area contributed by atoms with Gasteiger partial charge in [0.05, 0.1) is 12.6 Å². The van der Waals surface area contributed by atoms with Crippen LogP contribution in [0.3, 0.4) is 0 Å². The van der Waals surface area contributed by atoms with Gasteiger partial charge in [0.1, 0.15) is 0 Å². The smallest absolute Gasteiger partial charge is 0.0866 e. The molecule has 4 heteroatoms. The first kappa shape index (κ1) is 10.8. The van der Waals surface area contributed by atoms with Gasteiger partial charge in [0.2, 0.25) is 0 Å². The average Bonchev–Trinajstić information content (AvgIpc) is 2.17. The van der Waals surface area contributed by atoms with E-state index in [9.17, 15) is 0 Å². The van der Waals surface area contributed by atoms with Crippen LogP contribution in [0.15, 0.2) is 0 Å². The highest BCUT2D eigenvalue weighted by molar-refractivity contribution is 6.17. The maximum atomic E-state index is 8.50. The first-order valence-electron chi connectivity index (χ1n) is 4.74. The fourth-order valence-electron chi connectivity index (χ4n) is 1.55. The SMILES string of the molecule is N#CCN1CCN(CCCCl)CC1. The van der Waals surface area contributed by atoms with Crippen LogP contribution in [0, 0.1) is 11.3 Å². The molecule has 0 aliphatic carbocycles. The summed E-state index contributed by atoms with van der Waals surface area (Å²) in [5, 5.41) is 8.50. The average molecular weight is 202 g/mol. The van der Waals surface area contributed by atoms with Crippen molar-refractivity contribution in [3.63, 3.8) is 0 Å². The van der Waals surface area contributed by atoms with Gasteiger partial charge < -0.3 is 4.90 Å². The molecule has 0 unspecified atom stereocenters. The lowest BCUT2D eigenvalue weighted by Gasteiger charge is -2.33. The Morgan fingerprint density at radius 3 is 2.31 bits per heavy atom. The molecule has 0 spiro atoms. The molecule has 1 fully saturated rings. The third-order valence-electron chi connectivity index (χ3n) is 2.37. The third-order valence-corrected chi connectivity index (χ3v) is 2.63. The normalized spacial score (nSPS) is 20.0. The second-order valence-corrected chi connectivity index (χ2v) is 3.70. The van der Waals surface area contributed by atoms with E-state index in [1.807, 2.05) is 0 Å². The van der Waals surface area contributed by atoms with Crippen LogP contribution in [0.25, 0.3) is 0 Å². The molecular weight excluding hydrogens is 186 g/mol. The summed E-state index contributed by atoms with van der Waals surface area (Å²) in [7, 11) is 0. The number of halogens is 1. The van der Waals surface area contributed by atoms with Gasteiger partial charge in [-0.25, -0.2) is 0 Å². The molecule has 3 nitrogen and oxygen atoms in total. The zero-order valence-electron chi connectivity index (χ0n) is 7.88. The molecule has 1 rings (SSSR count). The van der Waals surface area contributed by atoms with Gasteiger partial charge in [0, 0.05) is 32.1 Å². The Morgan fingerprint density at radius 2 is 1.77 bits per heavy atom. The largest absolute Gasteiger partial charge is 0.301 e. The van der Waals surface area contributed by atoms with Crippen LogP contribution in [0.1, 0.15) is 6.42 Å². The molecule has 0 atom stereocenters. The first-order valence-corrected chi connectivity index (χ1v) is 5.28. The summed E-state index contributed by atoms with van der Waals surface area (Å²) >= 11 is 5.62. The van der Waals surface area contributed by atoms with Crippen molar-refractivity contribution in [2.45, 2.75) is 6.42 Å². The van der Waals surface area contributed by atoms with Crippen LogP contribution < -0.4 is 0 Å². The van der Waals surface area contributed by atoms with E-state index < -0.39 is 0 Å². The summed E-state index contributed by atoms with van der Waals surface area (Å²) in [5.74, 6) is 0.748. The molecule has 74 valence electrons. The number of rotatable bonds is 4. The van der Waals surface area contributed by atoms with E-state index in [1.54, 1.807) is 0 Å². The van der Waals surface area contributed by atoms with Crippen molar-refractivity contribution < 1.29 is 0 Å². The number of hydrogen-bond donors (Lipinski definition) is 0. The van der Waals surface area contributed by atoms with E-state index >= 15 is 0 Å². The maximum absolute atomic E-state index is 8.50. The van der Waals surface area contributed by atoms with E-state index in [0.717, 1.165) is 45.0 Å². The summed E-state index contributed by atoms with van der Waals surface area (Å²) in [5.41, 5.74) is 0. The highest BCUT2D eigenvalue weighted by atomic mass is 35.5. The van der Waals surface area contributed by atoms with Crippen molar-refractivity contribution in [3.05, 3.63) is 0 Å². The predicted octanol–water partition coefficient (Wildman–Crippen LogP) is 0.756. The Bertz CT molecular complexity index is 170. The number of alkyl halides is 1. The second kappa shape index (κ2) is 6.20. The minimum Gasteiger partial charge on any atom is -0.301 e. The molecule has 0 bridgehead atoms.